The Labute approximate surface area is 122 Å². The molecule has 1 heterocycles. The lowest BCUT2D eigenvalue weighted by molar-refractivity contribution is -0.384. The van der Waals surface area contributed by atoms with Gasteiger partial charge >= 0.3 is 0 Å². The summed E-state index contributed by atoms with van der Waals surface area (Å²) in [5, 5.41) is 26.1. The molecule has 3 N–H and O–H groups in total. The van der Waals surface area contributed by atoms with Gasteiger partial charge in [-0.15, -0.1) is 0 Å². The molecule has 0 saturated carbocycles. The predicted molar refractivity (Wildman–Crippen MR) is 78.2 cm³/mol. The highest BCUT2D eigenvalue weighted by molar-refractivity contribution is 5.92. The smallest absolute Gasteiger partial charge is 0.271 e. The van der Waals surface area contributed by atoms with E-state index in [1.54, 1.807) is 0 Å². The van der Waals surface area contributed by atoms with Gasteiger partial charge in [-0.1, -0.05) is 0 Å². The third-order valence-electron chi connectivity index (χ3n) is 3.64. The lowest BCUT2D eigenvalue weighted by atomic mass is 9.94. The summed E-state index contributed by atoms with van der Waals surface area (Å²) in [6.45, 7) is 1.96. The number of nitro benzene ring substituents is 1. The van der Waals surface area contributed by atoms with Gasteiger partial charge in [0, 0.05) is 18.6 Å². The molecule has 1 fully saturated rings. The second-order valence-corrected chi connectivity index (χ2v) is 5.26. The summed E-state index contributed by atoms with van der Waals surface area (Å²) in [5.41, 5.74) is -0.0875. The van der Waals surface area contributed by atoms with E-state index in [9.17, 15) is 20.0 Å². The van der Waals surface area contributed by atoms with Crippen LogP contribution in [0.25, 0.3) is 0 Å². The number of hydrogen-bond acceptors (Lipinski definition) is 5. The summed E-state index contributed by atoms with van der Waals surface area (Å²) in [6.07, 6.45) is 3.35. The van der Waals surface area contributed by atoms with E-state index in [-0.39, 0.29) is 23.0 Å². The van der Waals surface area contributed by atoms with Crippen LogP contribution >= 0.6 is 0 Å². The first-order valence-electron chi connectivity index (χ1n) is 7.04. The molecule has 1 aromatic rings. The van der Waals surface area contributed by atoms with Gasteiger partial charge in [-0.05, 0) is 44.3 Å². The minimum absolute atomic E-state index is 0.0796. The number of carbonyl (C=O) groups is 1. The molecule has 7 heteroatoms. The van der Waals surface area contributed by atoms with Crippen LogP contribution in [0.1, 0.15) is 25.7 Å². The second-order valence-electron chi connectivity index (χ2n) is 5.26. The average molecular weight is 293 g/mol. The molecule has 114 valence electrons. The van der Waals surface area contributed by atoms with Crippen molar-refractivity contribution in [2.24, 2.45) is 5.92 Å². The standard InChI is InChI=1S/C14H19N3O4/c18-13-5-4-11(17(20)21)8-12(13)16-14(19)6-3-10-2-1-7-15-9-10/h4-5,8,10,15,18H,1-3,6-7,9H2,(H,16,19). The Hall–Kier alpha value is -2.15. The second kappa shape index (κ2) is 7.03. The molecule has 1 aliphatic rings. The van der Waals surface area contributed by atoms with E-state index in [0.29, 0.717) is 12.3 Å². The third kappa shape index (κ3) is 4.42. The topological polar surface area (TPSA) is 104 Å². The number of non-ortho nitro benzene ring substituents is 1. The maximum Gasteiger partial charge on any atom is 0.271 e. The van der Waals surface area contributed by atoms with Gasteiger partial charge in [0.25, 0.3) is 5.69 Å². The number of nitrogens with zero attached hydrogens (tertiary/aromatic N) is 1. The Balaban J connectivity index is 1.89. The van der Waals surface area contributed by atoms with Crippen molar-refractivity contribution < 1.29 is 14.8 Å². The molecule has 2 rings (SSSR count). The molecule has 0 aromatic heterocycles. The van der Waals surface area contributed by atoms with Crippen LogP contribution in [0, 0.1) is 16.0 Å². The van der Waals surface area contributed by atoms with Gasteiger partial charge in [0.2, 0.25) is 5.91 Å². The number of rotatable bonds is 5. The van der Waals surface area contributed by atoms with Crippen LogP contribution in [0.5, 0.6) is 5.75 Å². The number of nitrogens with one attached hydrogen (secondary N) is 2. The number of aromatic hydroxyl groups is 1. The van der Waals surface area contributed by atoms with Crippen LogP contribution < -0.4 is 10.6 Å². The first-order chi connectivity index (χ1) is 10.1. The Morgan fingerprint density at radius 2 is 2.33 bits per heavy atom. The molecule has 0 radical (unpaired) electrons. The maximum absolute atomic E-state index is 11.9. The Morgan fingerprint density at radius 1 is 1.52 bits per heavy atom. The fourth-order valence-electron chi connectivity index (χ4n) is 2.46. The van der Waals surface area contributed by atoms with Crippen molar-refractivity contribution in [3.8, 4) is 5.75 Å². The number of piperidine rings is 1. The fraction of sp³-hybridized carbons (Fsp3) is 0.500. The van der Waals surface area contributed by atoms with Crippen molar-refractivity contribution >= 4 is 17.3 Å². The fourth-order valence-corrected chi connectivity index (χ4v) is 2.46. The summed E-state index contributed by atoms with van der Waals surface area (Å²) in [4.78, 5) is 22.0. The quantitative estimate of drug-likeness (QED) is 0.437. The van der Waals surface area contributed by atoms with Crippen molar-refractivity contribution in [2.75, 3.05) is 18.4 Å². The highest BCUT2D eigenvalue weighted by atomic mass is 16.6. The normalized spacial score (nSPS) is 18.2. The molecule has 1 atom stereocenters. The van der Waals surface area contributed by atoms with Gasteiger partial charge in [0.05, 0.1) is 10.6 Å². The molecule has 0 bridgehead atoms. The minimum atomic E-state index is -0.567. The lowest BCUT2D eigenvalue weighted by Gasteiger charge is -2.22. The maximum atomic E-state index is 11.9. The van der Waals surface area contributed by atoms with Crippen LogP contribution in [0.4, 0.5) is 11.4 Å². The van der Waals surface area contributed by atoms with Gasteiger partial charge in [0.15, 0.2) is 0 Å². The molecule has 7 nitrogen and oxygen atoms in total. The summed E-state index contributed by atoms with van der Waals surface area (Å²) < 4.78 is 0. The number of hydrogen-bond donors (Lipinski definition) is 3. The van der Waals surface area contributed by atoms with E-state index in [0.717, 1.165) is 38.4 Å². The summed E-state index contributed by atoms with van der Waals surface area (Å²) in [5.74, 6) is 0.0767. The molecular weight excluding hydrogens is 274 g/mol. The van der Waals surface area contributed by atoms with Crippen LogP contribution in [0.2, 0.25) is 0 Å². The van der Waals surface area contributed by atoms with E-state index < -0.39 is 4.92 Å². The largest absolute Gasteiger partial charge is 0.506 e. The van der Waals surface area contributed by atoms with Crippen LogP contribution in [-0.4, -0.2) is 29.0 Å². The van der Waals surface area contributed by atoms with Crippen molar-refractivity contribution in [3.05, 3.63) is 28.3 Å². The molecule has 1 unspecified atom stereocenters. The number of amides is 1. The number of anilines is 1. The van der Waals surface area contributed by atoms with Gasteiger partial charge < -0.3 is 15.7 Å². The van der Waals surface area contributed by atoms with Crippen molar-refractivity contribution in [1.29, 1.82) is 0 Å². The van der Waals surface area contributed by atoms with Crippen molar-refractivity contribution in [3.63, 3.8) is 0 Å². The molecular formula is C14H19N3O4. The zero-order chi connectivity index (χ0) is 15.2. The average Bonchev–Trinajstić information content (AvgIpc) is 2.48. The van der Waals surface area contributed by atoms with Crippen LogP contribution in [-0.2, 0) is 4.79 Å². The highest BCUT2D eigenvalue weighted by Crippen LogP contribution is 2.28. The Kier molecular flexibility index (Phi) is 5.10. The van der Waals surface area contributed by atoms with Crippen molar-refractivity contribution in [1.82, 2.24) is 5.32 Å². The first kappa shape index (κ1) is 15.2. The minimum Gasteiger partial charge on any atom is -0.506 e. The number of nitro groups is 1. The van der Waals surface area contributed by atoms with Gasteiger partial charge in [-0.25, -0.2) is 0 Å². The molecule has 0 aliphatic carbocycles. The third-order valence-corrected chi connectivity index (χ3v) is 3.64. The lowest BCUT2D eigenvalue weighted by Crippen LogP contribution is -2.30. The molecule has 1 saturated heterocycles. The molecule has 1 aromatic carbocycles. The van der Waals surface area contributed by atoms with Crippen LogP contribution in [0.3, 0.4) is 0 Å². The molecule has 1 aliphatic heterocycles. The van der Waals surface area contributed by atoms with E-state index in [4.69, 9.17) is 0 Å². The Bertz CT molecular complexity index is 527. The van der Waals surface area contributed by atoms with Gasteiger partial charge in [-0.2, -0.15) is 0 Å². The van der Waals surface area contributed by atoms with Gasteiger partial charge in [-0.3, -0.25) is 14.9 Å². The first-order valence-corrected chi connectivity index (χ1v) is 7.04. The molecule has 1 amide bonds. The zero-order valence-electron chi connectivity index (χ0n) is 11.7. The van der Waals surface area contributed by atoms with E-state index in [1.165, 1.54) is 12.1 Å². The van der Waals surface area contributed by atoms with Crippen LogP contribution in [0.15, 0.2) is 18.2 Å². The highest BCUT2D eigenvalue weighted by Gasteiger charge is 2.16. The number of benzene rings is 1. The zero-order valence-corrected chi connectivity index (χ0v) is 11.7. The summed E-state index contributed by atoms with van der Waals surface area (Å²) in [7, 11) is 0. The molecule has 21 heavy (non-hydrogen) atoms. The van der Waals surface area contributed by atoms with Crippen molar-refractivity contribution in [2.45, 2.75) is 25.7 Å². The monoisotopic (exact) mass is 293 g/mol. The number of phenolic OH excluding ortho intramolecular Hbond substituents is 1. The van der Waals surface area contributed by atoms with E-state index in [1.807, 2.05) is 0 Å². The van der Waals surface area contributed by atoms with Gasteiger partial charge in [0.1, 0.15) is 5.75 Å². The SMILES string of the molecule is O=C(CCC1CCCNC1)Nc1cc([N+](=O)[O-])ccc1O. The Morgan fingerprint density at radius 3 is 3.00 bits per heavy atom. The summed E-state index contributed by atoms with van der Waals surface area (Å²) in [6, 6.07) is 3.56. The number of carbonyl (C=O) groups excluding carboxylic acids is 1. The molecule has 0 spiro atoms. The van der Waals surface area contributed by atoms with E-state index in [2.05, 4.69) is 10.6 Å². The number of phenols is 1. The van der Waals surface area contributed by atoms with E-state index >= 15 is 0 Å². The summed E-state index contributed by atoms with van der Waals surface area (Å²) >= 11 is 0. The predicted octanol–water partition coefficient (Wildman–Crippen LogP) is 2.02.